The molecule has 1 aromatic heterocycles. The fourth-order valence-electron chi connectivity index (χ4n) is 5.60. The van der Waals surface area contributed by atoms with E-state index in [0.717, 1.165) is 21.7 Å². The zero-order chi connectivity index (χ0) is 35.8. The van der Waals surface area contributed by atoms with Crippen LogP contribution in [0.4, 0.5) is 0 Å². The molecule has 2 heterocycles. The number of rotatable bonds is 23. The van der Waals surface area contributed by atoms with E-state index in [1.165, 1.54) is 4.90 Å². The number of carbonyl (C=O) groups is 4. The summed E-state index contributed by atoms with van der Waals surface area (Å²) in [5, 5.41) is 19.0. The molecule has 12 nitrogen and oxygen atoms in total. The first-order chi connectivity index (χ1) is 23.4. The Hall–Kier alpha value is -3.07. The third-order valence-corrected chi connectivity index (χ3v) is 9.41. The van der Waals surface area contributed by atoms with Crippen LogP contribution in [0.25, 0.3) is 10.4 Å². The van der Waals surface area contributed by atoms with Crippen LogP contribution in [0.3, 0.4) is 0 Å². The maximum absolute atomic E-state index is 13.9. The SMILES string of the molecule is Cc1ncsc1-c1ccc(CCC(=O)[C@@H]2C[C@@H](O)CN2C(=O)[C@@H](CC(=O)CCOCCOCCOCCOCCC(=O)O)C(C)(C)C)cc1. The zero-order valence-corrected chi connectivity index (χ0v) is 30.0. The Kier molecular flexibility index (Phi) is 16.9. The maximum atomic E-state index is 13.9. The van der Waals surface area contributed by atoms with Crippen molar-refractivity contribution in [3.63, 3.8) is 0 Å². The Balaban J connectivity index is 1.38. The number of aliphatic hydroxyl groups is 1. The lowest BCUT2D eigenvalue weighted by Gasteiger charge is -2.34. The highest BCUT2D eigenvalue weighted by Crippen LogP contribution is 2.34. The fourth-order valence-corrected chi connectivity index (χ4v) is 6.41. The van der Waals surface area contributed by atoms with Gasteiger partial charge in [0.15, 0.2) is 5.78 Å². The summed E-state index contributed by atoms with van der Waals surface area (Å²) >= 11 is 1.59. The van der Waals surface area contributed by atoms with E-state index >= 15 is 0 Å². The largest absolute Gasteiger partial charge is 0.481 e. The summed E-state index contributed by atoms with van der Waals surface area (Å²) in [6.45, 7) is 10.2. The second kappa shape index (κ2) is 20.6. The average molecular weight is 705 g/mol. The summed E-state index contributed by atoms with van der Waals surface area (Å²) in [6.07, 6.45) is 0.326. The minimum absolute atomic E-state index is 0.0264. The highest BCUT2D eigenvalue weighted by Gasteiger charge is 2.44. The summed E-state index contributed by atoms with van der Waals surface area (Å²) in [5.74, 6) is -2.01. The number of likely N-dealkylation sites (tertiary alicyclic amines) is 1. The molecule has 49 heavy (non-hydrogen) atoms. The third-order valence-electron chi connectivity index (χ3n) is 8.43. The first kappa shape index (κ1) is 40.4. The highest BCUT2D eigenvalue weighted by atomic mass is 32.1. The number of aliphatic carboxylic acids is 1. The van der Waals surface area contributed by atoms with E-state index in [2.05, 4.69) is 4.98 Å². The van der Waals surface area contributed by atoms with Crippen LogP contribution in [-0.4, -0.2) is 115 Å². The van der Waals surface area contributed by atoms with Crippen LogP contribution in [0.1, 0.15) is 64.1 Å². The molecule has 13 heteroatoms. The van der Waals surface area contributed by atoms with Crippen LogP contribution in [0.15, 0.2) is 29.8 Å². The van der Waals surface area contributed by atoms with E-state index in [1.807, 2.05) is 57.5 Å². The van der Waals surface area contributed by atoms with E-state index in [-0.39, 0.29) is 69.3 Å². The number of nitrogens with zero attached hydrogens (tertiary/aromatic N) is 2. The van der Waals surface area contributed by atoms with Crippen molar-refractivity contribution >= 4 is 34.8 Å². The van der Waals surface area contributed by atoms with Gasteiger partial charge in [-0.25, -0.2) is 4.98 Å². The topological polar surface area (TPSA) is 162 Å². The lowest BCUT2D eigenvalue weighted by atomic mass is 9.76. The van der Waals surface area contributed by atoms with Crippen molar-refractivity contribution in [2.75, 3.05) is 59.4 Å². The number of thiazole rings is 1. The fraction of sp³-hybridized carbons (Fsp3) is 0.639. The molecule has 0 radical (unpaired) electrons. The molecule has 1 saturated heterocycles. The molecule has 0 aliphatic carbocycles. The molecule has 272 valence electrons. The van der Waals surface area contributed by atoms with Gasteiger partial charge in [-0.1, -0.05) is 45.0 Å². The van der Waals surface area contributed by atoms with Gasteiger partial charge in [-0.05, 0) is 29.9 Å². The van der Waals surface area contributed by atoms with Crippen molar-refractivity contribution in [1.82, 2.24) is 9.88 Å². The van der Waals surface area contributed by atoms with E-state index in [9.17, 15) is 24.3 Å². The van der Waals surface area contributed by atoms with Crippen LogP contribution < -0.4 is 0 Å². The average Bonchev–Trinajstić information content (AvgIpc) is 3.67. The van der Waals surface area contributed by atoms with Gasteiger partial charge in [-0.2, -0.15) is 0 Å². The van der Waals surface area contributed by atoms with Crippen molar-refractivity contribution in [2.24, 2.45) is 11.3 Å². The number of aromatic nitrogens is 1. The molecule has 2 N–H and O–H groups in total. The molecule has 0 bridgehead atoms. The zero-order valence-electron chi connectivity index (χ0n) is 29.2. The molecule has 0 spiro atoms. The van der Waals surface area contributed by atoms with Crippen molar-refractivity contribution in [2.45, 2.75) is 78.4 Å². The third kappa shape index (κ3) is 14.0. The molecule has 1 fully saturated rings. The van der Waals surface area contributed by atoms with Gasteiger partial charge in [0.2, 0.25) is 5.91 Å². The van der Waals surface area contributed by atoms with Crippen molar-refractivity contribution in [3.05, 3.63) is 41.0 Å². The molecule has 1 amide bonds. The monoisotopic (exact) mass is 704 g/mol. The smallest absolute Gasteiger partial charge is 0.305 e. The number of amides is 1. The Morgan fingerprint density at radius 2 is 1.47 bits per heavy atom. The molecule has 0 unspecified atom stereocenters. The predicted octanol–water partition coefficient (Wildman–Crippen LogP) is 4.13. The highest BCUT2D eigenvalue weighted by molar-refractivity contribution is 7.13. The number of ether oxygens (including phenoxy) is 4. The molecule has 0 saturated carbocycles. The van der Waals surface area contributed by atoms with Gasteiger partial charge in [-0.3, -0.25) is 19.2 Å². The minimum Gasteiger partial charge on any atom is -0.481 e. The van der Waals surface area contributed by atoms with Gasteiger partial charge in [0.05, 0.1) is 87.5 Å². The van der Waals surface area contributed by atoms with Crippen molar-refractivity contribution in [3.8, 4) is 10.4 Å². The molecule has 1 aromatic carbocycles. The van der Waals surface area contributed by atoms with Gasteiger partial charge < -0.3 is 34.1 Å². The van der Waals surface area contributed by atoms with Gasteiger partial charge >= 0.3 is 5.97 Å². The minimum atomic E-state index is -0.903. The van der Waals surface area contributed by atoms with Crippen molar-refractivity contribution in [1.29, 1.82) is 0 Å². The number of carboxylic acid groups (broad SMARTS) is 1. The molecule has 3 rings (SSSR count). The second-order valence-corrected chi connectivity index (χ2v) is 14.2. The number of carboxylic acids is 1. The number of aryl methyl sites for hydroxylation is 2. The predicted molar refractivity (Wildman–Crippen MR) is 184 cm³/mol. The number of benzene rings is 1. The second-order valence-electron chi connectivity index (χ2n) is 13.3. The van der Waals surface area contributed by atoms with Gasteiger partial charge in [0.1, 0.15) is 5.78 Å². The maximum Gasteiger partial charge on any atom is 0.305 e. The van der Waals surface area contributed by atoms with Crippen LogP contribution in [0.2, 0.25) is 0 Å². The lowest BCUT2D eigenvalue weighted by molar-refractivity contribution is -0.146. The summed E-state index contributed by atoms with van der Waals surface area (Å²) in [5.41, 5.74) is 4.38. The lowest BCUT2D eigenvalue weighted by Crippen LogP contribution is -2.47. The Morgan fingerprint density at radius 1 is 0.898 bits per heavy atom. The van der Waals surface area contributed by atoms with Crippen molar-refractivity contribution < 1.29 is 48.3 Å². The summed E-state index contributed by atoms with van der Waals surface area (Å²) in [7, 11) is 0. The Labute approximate surface area is 293 Å². The number of hydrogen-bond acceptors (Lipinski definition) is 11. The first-order valence-electron chi connectivity index (χ1n) is 16.9. The number of β-amino-alcohol motifs (C(OH)–C–C–N with tert-alkyl or cyclic N) is 1. The number of aliphatic hydroxyl groups excluding tert-OH is 1. The summed E-state index contributed by atoms with van der Waals surface area (Å²) in [4.78, 5) is 57.6. The number of hydrogen-bond donors (Lipinski definition) is 2. The molecular formula is C36H52N2O10S. The van der Waals surface area contributed by atoms with E-state index in [0.29, 0.717) is 46.1 Å². The van der Waals surface area contributed by atoms with E-state index in [1.54, 1.807) is 11.3 Å². The van der Waals surface area contributed by atoms with E-state index in [4.69, 9.17) is 24.1 Å². The summed E-state index contributed by atoms with van der Waals surface area (Å²) in [6, 6.07) is 7.37. The molecular weight excluding hydrogens is 652 g/mol. The number of Topliss-reactive ketones (excluding diaryl/α,β-unsaturated/α-hetero) is 2. The van der Waals surface area contributed by atoms with Crippen LogP contribution in [0.5, 0.6) is 0 Å². The molecule has 2 aromatic rings. The molecule has 1 aliphatic heterocycles. The van der Waals surface area contributed by atoms with E-state index < -0.39 is 29.4 Å². The standard InChI is InChI=1S/C36H52N2O10S/c1-25-34(49-24-37-25)27-8-5-26(6-9-27)7-10-32(41)31-22-29(40)23-38(31)35(44)30(36(2,3)4)21-28(39)11-13-45-15-17-47-19-20-48-18-16-46-14-12-33(42)43/h5-6,8-9,24,29-31,40H,7,10-23H2,1-4H3,(H,42,43)/t29-,30-,31+/m1/s1. The molecule has 3 atom stereocenters. The van der Waals surface area contributed by atoms with Crippen LogP contribution in [-0.2, 0) is 44.5 Å². The van der Waals surface area contributed by atoms with Crippen LogP contribution >= 0.6 is 11.3 Å². The first-order valence-corrected chi connectivity index (χ1v) is 17.8. The van der Waals surface area contributed by atoms with Gasteiger partial charge in [-0.15, -0.1) is 11.3 Å². The normalized spacial score (nSPS) is 17.0. The number of ketones is 2. The van der Waals surface area contributed by atoms with Gasteiger partial charge in [0.25, 0.3) is 0 Å². The number of carbonyl (C=O) groups excluding carboxylic acids is 3. The van der Waals surface area contributed by atoms with Gasteiger partial charge in [0, 0.05) is 38.1 Å². The Morgan fingerprint density at radius 3 is 2.00 bits per heavy atom. The summed E-state index contributed by atoms with van der Waals surface area (Å²) < 4.78 is 21.5. The quantitative estimate of drug-likeness (QED) is 0.160. The molecule has 1 aliphatic rings. The Bertz CT molecular complexity index is 1340. The van der Waals surface area contributed by atoms with Crippen LogP contribution in [0, 0.1) is 18.3 Å².